The first kappa shape index (κ1) is 18.2. The molecule has 1 heterocycles. The molecule has 0 fully saturated rings. The minimum atomic E-state index is -0.503. The normalized spacial score (nSPS) is 22.1. The molecule has 2 aromatic carbocycles. The Balaban J connectivity index is 1.84. The Morgan fingerprint density at radius 3 is 2.64 bits per heavy atom. The summed E-state index contributed by atoms with van der Waals surface area (Å²) in [5.41, 5.74) is 2.02. The van der Waals surface area contributed by atoms with E-state index in [0.717, 1.165) is 17.5 Å². The number of rotatable bonds is 4. The molecule has 0 bridgehead atoms. The molecule has 0 aromatic heterocycles. The summed E-state index contributed by atoms with van der Waals surface area (Å²) in [7, 11) is 1.46. The van der Waals surface area contributed by atoms with Gasteiger partial charge in [-0.2, -0.15) is 0 Å². The largest absolute Gasteiger partial charge is 0.494 e. The highest BCUT2D eigenvalue weighted by Crippen LogP contribution is 2.53. The number of nitro benzene ring substituents is 2. The van der Waals surface area contributed by atoms with Crippen molar-refractivity contribution in [2.24, 2.45) is 5.92 Å². The molecule has 144 valence electrons. The van der Waals surface area contributed by atoms with E-state index >= 15 is 0 Å². The fourth-order valence-corrected chi connectivity index (χ4v) is 4.30. The highest BCUT2D eigenvalue weighted by atomic mass is 35.5. The molecule has 0 saturated heterocycles. The summed E-state index contributed by atoms with van der Waals surface area (Å²) in [6.07, 6.45) is 4.82. The van der Waals surface area contributed by atoms with Crippen LogP contribution in [0.4, 0.5) is 17.1 Å². The fraction of sp³-hybridized carbons (Fsp3) is 0.263. The lowest BCUT2D eigenvalue weighted by Gasteiger charge is -2.38. The molecule has 9 heteroatoms. The molecule has 2 aliphatic rings. The second-order valence-electron chi connectivity index (χ2n) is 6.81. The van der Waals surface area contributed by atoms with Gasteiger partial charge >= 0.3 is 0 Å². The van der Waals surface area contributed by atoms with Crippen LogP contribution in [0.3, 0.4) is 0 Å². The van der Waals surface area contributed by atoms with Crippen molar-refractivity contribution >= 4 is 28.7 Å². The van der Waals surface area contributed by atoms with Gasteiger partial charge in [0.25, 0.3) is 11.4 Å². The van der Waals surface area contributed by atoms with Crippen molar-refractivity contribution in [2.75, 3.05) is 12.4 Å². The number of hydrogen-bond donors (Lipinski definition) is 1. The number of halogens is 1. The first-order chi connectivity index (χ1) is 13.4. The maximum atomic E-state index is 11.3. The molecule has 0 spiro atoms. The third kappa shape index (κ3) is 2.86. The first-order valence-electron chi connectivity index (χ1n) is 8.64. The van der Waals surface area contributed by atoms with Gasteiger partial charge in [-0.3, -0.25) is 20.2 Å². The van der Waals surface area contributed by atoms with Gasteiger partial charge in [0.15, 0.2) is 0 Å². The number of anilines is 1. The molecule has 0 unspecified atom stereocenters. The van der Waals surface area contributed by atoms with Gasteiger partial charge in [0.05, 0.1) is 34.8 Å². The van der Waals surface area contributed by atoms with Gasteiger partial charge in [-0.15, -0.1) is 0 Å². The average molecular weight is 402 g/mol. The molecule has 1 N–H and O–H groups in total. The maximum absolute atomic E-state index is 11.3. The number of nitrogens with zero attached hydrogens (tertiary/aromatic N) is 2. The SMILES string of the molecule is COc1cc([N+](=O)[O-])cc2c1N[C@H](c1ccc(Cl)c([N+](=O)[O-])c1)[C@H]1CC=C[C@@H]21. The molecular weight excluding hydrogens is 386 g/mol. The standard InChI is InChI=1S/C19H16ClN3O5/c1-28-17-9-11(22(24)25)8-14-12-3-2-4-13(12)18(21-19(14)17)10-5-6-15(20)16(7-10)23(26)27/h2-3,5-9,12-13,18,21H,4H2,1H3/t12-,13+,18-/m1/s1. The number of methoxy groups -OCH3 is 1. The number of nitro groups is 2. The number of benzene rings is 2. The van der Waals surface area contributed by atoms with Crippen LogP contribution in [0, 0.1) is 26.1 Å². The van der Waals surface area contributed by atoms with Gasteiger partial charge in [0.1, 0.15) is 10.8 Å². The average Bonchev–Trinajstić information content (AvgIpc) is 3.16. The van der Waals surface area contributed by atoms with Crippen LogP contribution in [0.15, 0.2) is 42.5 Å². The van der Waals surface area contributed by atoms with Crippen molar-refractivity contribution < 1.29 is 14.6 Å². The van der Waals surface area contributed by atoms with Crippen LogP contribution in [0.25, 0.3) is 0 Å². The molecule has 3 atom stereocenters. The summed E-state index contributed by atoms with van der Waals surface area (Å²) < 4.78 is 5.40. The molecule has 8 nitrogen and oxygen atoms in total. The Hall–Kier alpha value is -3.13. The Morgan fingerprint density at radius 1 is 1.18 bits per heavy atom. The molecule has 0 radical (unpaired) electrons. The van der Waals surface area contributed by atoms with Crippen LogP contribution in [0.1, 0.15) is 29.5 Å². The highest BCUT2D eigenvalue weighted by molar-refractivity contribution is 6.32. The predicted molar refractivity (Wildman–Crippen MR) is 104 cm³/mol. The number of fused-ring (bicyclic) bond motifs is 3. The van der Waals surface area contributed by atoms with Gasteiger partial charge in [0.2, 0.25) is 0 Å². The second-order valence-corrected chi connectivity index (χ2v) is 7.22. The smallest absolute Gasteiger partial charge is 0.288 e. The van der Waals surface area contributed by atoms with E-state index in [4.69, 9.17) is 16.3 Å². The molecule has 4 rings (SSSR count). The molecule has 2 aromatic rings. The lowest BCUT2D eigenvalue weighted by Crippen LogP contribution is -2.29. The van der Waals surface area contributed by atoms with E-state index in [-0.39, 0.29) is 34.3 Å². The molecular formula is C19H16ClN3O5. The third-order valence-corrected chi connectivity index (χ3v) is 5.69. The van der Waals surface area contributed by atoms with Crippen molar-refractivity contribution in [1.29, 1.82) is 0 Å². The first-order valence-corrected chi connectivity index (χ1v) is 9.02. The summed E-state index contributed by atoms with van der Waals surface area (Å²) in [5, 5.41) is 26.1. The summed E-state index contributed by atoms with van der Waals surface area (Å²) >= 11 is 5.96. The van der Waals surface area contributed by atoms with Crippen LogP contribution in [-0.2, 0) is 0 Å². The minimum absolute atomic E-state index is 0.0305. The second kappa shape index (κ2) is 6.79. The summed E-state index contributed by atoms with van der Waals surface area (Å²) in [4.78, 5) is 21.6. The Bertz CT molecular complexity index is 1020. The summed E-state index contributed by atoms with van der Waals surface area (Å²) in [6.45, 7) is 0. The van der Waals surface area contributed by atoms with Crippen molar-refractivity contribution in [1.82, 2.24) is 0 Å². The maximum Gasteiger partial charge on any atom is 0.288 e. The van der Waals surface area contributed by atoms with Crippen LogP contribution < -0.4 is 10.1 Å². The zero-order valence-corrected chi connectivity index (χ0v) is 15.6. The van der Waals surface area contributed by atoms with Gasteiger partial charge < -0.3 is 10.1 Å². The van der Waals surface area contributed by atoms with Gasteiger partial charge in [-0.25, -0.2) is 0 Å². The molecule has 0 saturated carbocycles. The van der Waals surface area contributed by atoms with Crippen molar-refractivity contribution in [3.63, 3.8) is 0 Å². The summed E-state index contributed by atoms with van der Waals surface area (Å²) in [6, 6.07) is 7.50. The minimum Gasteiger partial charge on any atom is -0.494 e. The molecule has 1 aliphatic carbocycles. The zero-order chi connectivity index (χ0) is 20.0. The van der Waals surface area contributed by atoms with E-state index < -0.39 is 9.85 Å². The molecule has 28 heavy (non-hydrogen) atoms. The van der Waals surface area contributed by atoms with Gasteiger partial charge in [-0.05, 0) is 29.5 Å². The quantitative estimate of drug-likeness (QED) is 0.439. The van der Waals surface area contributed by atoms with Crippen LogP contribution in [0.2, 0.25) is 5.02 Å². The van der Waals surface area contributed by atoms with Crippen LogP contribution in [0.5, 0.6) is 5.75 Å². The van der Waals surface area contributed by atoms with Crippen LogP contribution in [-0.4, -0.2) is 17.0 Å². The topological polar surface area (TPSA) is 108 Å². The number of nitrogens with one attached hydrogen (secondary N) is 1. The van der Waals surface area contributed by atoms with E-state index in [2.05, 4.69) is 5.32 Å². The Labute approximate surface area is 165 Å². The third-order valence-electron chi connectivity index (χ3n) is 5.37. The Kier molecular flexibility index (Phi) is 4.43. The molecule has 1 aliphatic heterocycles. The Morgan fingerprint density at radius 2 is 1.96 bits per heavy atom. The van der Waals surface area contributed by atoms with Crippen LogP contribution >= 0.6 is 11.6 Å². The number of allylic oxidation sites excluding steroid dienone is 2. The lowest BCUT2D eigenvalue weighted by atomic mass is 9.76. The summed E-state index contributed by atoms with van der Waals surface area (Å²) in [5.74, 6) is 0.390. The number of non-ortho nitro benzene ring substituents is 1. The zero-order valence-electron chi connectivity index (χ0n) is 14.8. The fourth-order valence-electron chi connectivity index (χ4n) is 4.11. The van der Waals surface area contributed by atoms with E-state index in [1.165, 1.54) is 25.3 Å². The number of hydrogen-bond acceptors (Lipinski definition) is 6. The van der Waals surface area contributed by atoms with E-state index in [9.17, 15) is 20.2 Å². The molecule has 0 amide bonds. The number of ether oxygens (including phenoxy) is 1. The van der Waals surface area contributed by atoms with Gasteiger partial charge in [-0.1, -0.05) is 29.8 Å². The lowest BCUT2D eigenvalue weighted by molar-refractivity contribution is -0.385. The van der Waals surface area contributed by atoms with E-state index in [1.807, 2.05) is 12.2 Å². The monoisotopic (exact) mass is 401 g/mol. The highest BCUT2D eigenvalue weighted by Gasteiger charge is 2.40. The van der Waals surface area contributed by atoms with Crippen molar-refractivity contribution in [3.8, 4) is 5.75 Å². The predicted octanol–water partition coefficient (Wildman–Crippen LogP) is 4.99. The van der Waals surface area contributed by atoms with E-state index in [1.54, 1.807) is 12.1 Å². The van der Waals surface area contributed by atoms with Gasteiger partial charge in [0, 0.05) is 18.1 Å². The van der Waals surface area contributed by atoms with E-state index in [0.29, 0.717) is 11.4 Å². The van der Waals surface area contributed by atoms with Crippen molar-refractivity contribution in [2.45, 2.75) is 18.4 Å². The van der Waals surface area contributed by atoms with Crippen molar-refractivity contribution in [3.05, 3.63) is 78.9 Å².